The highest BCUT2D eigenvalue weighted by Gasteiger charge is 2.16. The molecule has 1 atom stereocenters. The number of nitrogens with one attached hydrogen (secondary N) is 2. The van der Waals surface area contributed by atoms with Crippen molar-refractivity contribution < 1.29 is 23.1 Å². The Kier molecular flexibility index (Phi) is 5.28. The van der Waals surface area contributed by atoms with Gasteiger partial charge in [-0.15, -0.1) is 10.2 Å². The second-order valence-electron chi connectivity index (χ2n) is 4.15. The van der Waals surface area contributed by atoms with E-state index in [-0.39, 0.29) is 11.7 Å². The topological polar surface area (TPSA) is 87.1 Å². The quantitative estimate of drug-likeness (QED) is 0.785. The number of amides is 2. The van der Waals surface area contributed by atoms with Crippen LogP contribution in [0.5, 0.6) is 0 Å². The van der Waals surface area contributed by atoms with E-state index in [2.05, 4.69) is 20.8 Å². The predicted octanol–water partition coefficient (Wildman–Crippen LogP) is 2.47. The minimum atomic E-state index is -2.75. The van der Waals surface area contributed by atoms with Crippen LogP contribution in [0.1, 0.15) is 23.1 Å². The molecule has 0 radical (unpaired) electrons. The van der Waals surface area contributed by atoms with E-state index in [0.29, 0.717) is 16.9 Å². The Hall–Kier alpha value is -2.20. The average molecular weight is 332 g/mol. The molecular formula is C12H11F3N4O2S. The van der Waals surface area contributed by atoms with Crippen LogP contribution in [0.4, 0.5) is 23.1 Å². The molecule has 10 heteroatoms. The molecule has 22 heavy (non-hydrogen) atoms. The van der Waals surface area contributed by atoms with E-state index in [4.69, 9.17) is 0 Å². The number of nitrogens with zero attached hydrogens (tertiary/aromatic N) is 2. The molecule has 0 bridgehead atoms. The predicted molar refractivity (Wildman–Crippen MR) is 73.2 cm³/mol. The molecule has 3 N–H and O–H groups in total. The van der Waals surface area contributed by atoms with Crippen LogP contribution in [-0.2, 0) is 0 Å². The minimum Gasteiger partial charge on any atom is -0.387 e. The zero-order chi connectivity index (χ0) is 16.1. The molecule has 2 aromatic rings. The van der Waals surface area contributed by atoms with Crippen LogP contribution >= 0.6 is 11.3 Å². The zero-order valence-corrected chi connectivity index (χ0v) is 11.8. The lowest BCUT2D eigenvalue weighted by Crippen LogP contribution is -2.32. The lowest BCUT2D eigenvalue weighted by molar-refractivity contribution is 0.150. The van der Waals surface area contributed by atoms with E-state index >= 15 is 0 Å². The number of hydrogen-bond donors (Lipinski definition) is 3. The van der Waals surface area contributed by atoms with Gasteiger partial charge in [0, 0.05) is 6.54 Å². The summed E-state index contributed by atoms with van der Waals surface area (Å²) in [5.74, 6) is -0.437. The number of aliphatic hydroxyl groups excluding tert-OH is 1. The van der Waals surface area contributed by atoms with E-state index in [0.717, 1.165) is 0 Å². The number of aliphatic hydroxyl groups is 1. The van der Waals surface area contributed by atoms with E-state index < -0.39 is 29.4 Å². The van der Waals surface area contributed by atoms with Gasteiger partial charge in [0.25, 0.3) is 6.43 Å². The van der Waals surface area contributed by atoms with Crippen molar-refractivity contribution in [3.05, 3.63) is 40.7 Å². The molecule has 0 aliphatic heterocycles. The molecule has 0 saturated heterocycles. The van der Waals surface area contributed by atoms with Crippen LogP contribution < -0.4 is 10.6 Å². The van der Waals surface area contributed by atoms with Gasteiger partial charge in [-0.1, -0.05) is 23.5 Å². The van der Waals surface area contributed by atoms with Crippen LogP contribution in [0.3, 0.4) is 0 Å². The van der Waals surface area contributed by atoms with Gasteiger partial charge < -0.3 is 10.4 Å². The Morgan fingerprint density at radius 1 is 1.27 bits per heavy atom. The summed E-state index contributed by atoms with van der Waals surface area (Å²) in [5.41, 5.74) is 0.428. The van der Waals surface area contributed by atoms with Crippen molar-refractivity contribution in [2.75, 3.05) is 11.9 Å². The Morgan fingerprint density at radius 3 is 2.55 bits per heavy atom. The number of carbonyl (C=O) groups excluding carboxylic acids is 1. The van der Waals surface area contributed by atoms with Crippen molar-refractivity contribution >= 4 is 22.5 Å². The van der Waals surface area contributed by atoms with Crippen LogP contribution in [0.2, 0.25) is 0 Å². The standard InChI is InChI=1S/C12H11F3N4O2S/c13-7-3-1-6(2-4-7)8(20)5-16-11(21)17-12-19-18-10(22-12)9(14)15/h1-4,8-9,20H,5H2,(H2,16,17,19,21). The summed E-state index contributed by atoms with van der Waals surface area (Å²) in [6, 6.07) is 4.42. The number of rotatable bonds is 5. The number of anilines is 1. The normalized spacial score (nSPS) is 12.2. The van der Waals surface area contributed by atoms with Gasteiger partial charge in [-0.3, -0.25) is 5.32 Å². The smallest absolute Gasteiger partial charge is 0.321 e. The molecule has 1 aromatic heterocycles. The van der Waals surface area contributed by atoms with Gasteiger partial charge >= 0.3 is 6.03 Å². The maximum absolute atomic E-state index is 12.7. The zero-order valence-electron chi connectivity index (χ0n) is 11.0. The monoisotopic (exact) mass is 332 g/mol. The maximum Gasteiger partial charge on any atom is 0.321 e. The van der Waals surface area contributed by atoms with Crippen molar-refractivity contribution in [1.29, 1.82) is 0 Å². The van der Waals surface area contributed by atoms with E-state index in [1.165, 1.54) is 24.3 Å². The van der Waals surface area contributed by atoms with Gasteiger partial charge in [-0.2, -0.15) is 0 Å². The first-order valence-corrected chi connectivity index (χ1v) is 6.87. The molecule has 1 unspecified atom stereocenters. The summed E-state index contributed by atoms with van der Waals surface area (Å²) in [6.45, 7) is -0.141. The highest BCUT2D eigenvalue weighted by atomic mass is 32.1. The van der Waals surface area contributed by atoms with Crippen molar-refractivity contribution in [1.82, 2.24) is 15.5 Å². The fourth-order valence-corrected chi connectivity index (χ4v) is 2.10. The second kappa shape index (κ2) is 7.18. The number of halogens is 3. The molecule has 0 fully saturated rings. The maximum atomic E-state index is 12.7. The first-order valence-electron chi connectivity index (χ1n) is 6.05. The Balaban J connectivity index is 1.83. The largest absolute Gasteiger partial charge is 0.387 e. The number of alkyl halides is 2. The molecule has 0 saturated carbocycles. The minimum absolute atomic E-state index is 0.0796. The van der Waals surface area contributed by atoms with Gasteiger partial charge in [0.2, 0.25) is 5.13 Å². The third-order valence-corrected chi connectivity index (χ3v) is 3.40. The molecule has 0 spiro atoms. The first-order chi connectivity index (χ1) is 10.5. The van der Waals surface area contributed by atoms with Gasteiger partial charge in [0.1, 0.15) is 5.82 Å². The molecule has 1 heterocycles. The summed E-state index contributed by atoms with van der Waals surface area (Å²) in [5, 5.41) is 20.4. The van der Waals surface area contributed by atoms with Crippen molar-refractivity contribution in [3.63, 3.8) is 0 Å². The number of carbonyl (C=O) groups is 1. The molecule has 0 aliphatic carbocycles. The van der Waals surface area contributed by atoms with E-state index in [9.17, 15) is 23.1 Å². The summed E-state index contributed by atoms with van der Waals surface area (Å²) in [4.78, 5) is 11.5. The van der Waals surface area contributed by atoms with E-state index in [1.807, 2.05) is 0 Å². The van der Waals surface area contributed by atoms with Gasteiger partial charge in [0.15, 0.2) is 5.01 Å². The van der Waals surface area contributed by atoms with Gasteiger partial charge in [-0.05, 0) is 17.7 Å². The lowest BCUT2D eigenvalue weighted by atomic mass is 10.1. The molecule has 2 amide bonds. The van der Waals surface area contributed by atoms with Crippen LogP contribution in [0.25, 0.3) is 0 Å². The van der Waals surface area contributed by atoms with Crippen LogP contribution in [0, 0.1) is 5.82 Å². The van der Waals surface area contributed by atoms with Crippen molar-refractivity contribution in [3.8, 4) is 0 Å². The van der Waals surface area contributed by atoms with E-state index in [1.54, 1.807) is 0 Å². The number of aromatic nitrogens is 2. The molecule has 0 aliphatic rings. The van der Waals surface area contributed by atoms with Crippen LogP contribution in [-0.4, -0.2) is 27.9 Å². The third-order valence-electron chi connectivity index (χ3n) is 2.56. The fourth-order valence-electron chi connectivity index (χ4n) is 1.51. The van der Waals surface area contributed by atoms with Crippen LogP contribution in [0.15, 0.2) is 24.3 Å². The highest BCUT2D eigenvalue weighted by molar-refractivity contribution is 7.15. The molecule has 118 valence electrons. The average Bonchev–Trinajstić information content (AvgIpc) is 2.94. The molecule has 1 aromatic carbocycles. The SMILES string of the molecule is O=C(NCC(O)c1ccc(F)cc1)Nc1nnc(C(F)F)s1. The molecule has 6 nitrogen and oxygen atoms in total. The summed E-state index contributed by atoms with van der Waals surface area (Å²) < 4.78 is 37.4. The van der Waals surface area contributed by atoms with Crippen molar-refractivity contribution in [2.24, 2.45) is 0 Å². The first kappa shape index (κ1) is 16.2. The molecule has 2 rings (SSSR count). The van der Waals surface area contributed by atoms with Crippen molar-refractivity contribution in [2.45, 2.75) is 12.5 Å². The number of benzene rings is 1. The molecular weight excluding hydrogens is 321 g/mol. The number of hydrogen-bond acceptors (Lipinski definition) is 5. The summed E-state index contributed by atoms with van der Waals surface area (Å²) in [6.07, 6.45) is -3.78. The van der Waals surface area contributed by atoms with Gasteiger partial charge in [-0.25, -0.2) is 18.0 Å². The lowest BCUT2D eigenvalue weighted by Gasteiger charge is -2.12. The number of urea groups is 1. The summed E-state index contributed by atoms with van der Waals surface area (Å²) in [7, 11) is 0. The second-order valence-corrected chi connectivity index (χ2v) is 5.16. The fraction of sp³-hybridized carbons (Fsp3) is 0.250. The third kappa shape index (κ3) is 4.40. The van der Waals surface area contributed by atoms with Gasteiger partial charge in [0.05, 0.1) is 6.10 Å². The summed E-state index contributed by atoms with van der Waals surface area (Å²) >= 11 is 0.553. The Labute approximate surface area is 127 Å². The highest BCUT2D eigenvalue weighted by Crippen LogP contribution is 2.24. The Bertz CT molecular complexity index is 636. The Morgan fingerprint density at radius 2 is 1.95 bits per heavy atom.